The van der Waals surface area contributed by atoms with Gasteiger partial charge in [-0.2, -0.15) is 0 Å². The summed E-state index contributed by atoms with van der Waals surface area (Å²) in [5.74, 6) is 0.322. The van der Waals surface area contributed by atoms with Crippen molar-refractivity contribution < 1.29 is 9.18 Å². The van der Waals surface area contributed by atoms with E-state index in [-0.39, 0.29) is 30.7 Å². The number of nitrogens with one attached hydrogen (secondary N) is 2. The van der Waals surface area contributed by atoms with Crippen LogP contribution in [0.25, 0.3) is 0 Å². The molecule has 1 aromatic rings. The zero-order valence-corrected chi connectivity index (χ0v) is 11.1. The second-order valence-electron chi connectivity index (χ2n) is 4.59. The molecular weight excluding hydrogens is 255 g/mol. The molecule has 0 radical (unpaired) electrons. The van der Waals surface area contributed by atoms with Crippen LogP contribution in [0, 0.1) is 18.7 Å². The van der Waals surface area contributed by atoms with E-state index in [9.17, 15) is 9.18 Å². The van der Waals surface area contributed by atoms with Crippen LogP contribution in [-0.2, 0) is 4.79 Å². The Balaban J connectivity index is 0.00000162. The average molecular weight is 273 g/mol. The summed E-state index contributed by atoms with van der Waals surface area (Å²) >= 11 is 0. The van der Waals surface area contributed by atoms with Crippen molar-refractivity contribution in [2.75, 3.05) is 18.4 Å². The van der Waals surface area contributed by atoms with Crippen molar-refractivity contribution in [3.8, 4) is 0 Å². The minimum absolute atomic E-state index is 0. The second kappa shape index (κ2) is 6.71. The zero-order valence-electron chi connectivity index (χ0n) is 10.3. The summed E-state index contributed by atoms with van der Waals surface area (Å²) in [6.07, 6.45) is 2.52. The van der Waals surface area contributed by atoms with E-state index >= 15 is 0 Å². The van der Waals surface area contributed by atoms with Gasteiger partial charge in [-0.1, -0.05) is 6.07 Å². The number of amides is 1. The van der Waals surface area contributed by atoms with Crippen molar-refractivity contribution >= 4 is 24.0 Å². The number of carbonyl (C=O) groups is 1. The molecule has 1 aromatic carbocycles. The van der Waals surface area contributed by atoms with E-state index in [0.29, 0.717) is 11.3 Å². The molecule has 2 N–H and O–H groups in total. The Bertz CT molecular complexity index is 421. The smallest absolute Gasteiger partial charge is 0.238 e. The van der Waals surface area contributed by atoms with Crippen molar-refractivity contribution in [2.45, 2.75) is 19.8 Å². The molecule has 100 valence electrons. The summed E-state index contributed by atoms with van der Waals surface area (Å²) in [4.78, 5) is 11.5. The number of benzene rings is 1. The Hall–Kier alpha value is -1.13. The molecule has 3 nitrogen and oxygen atoms in total. The van der Waals surface area contributed by atoms with Crippen LogP contribution in [0.2, 0.25) is 0 Å². The van der Waals surface area contributed by atoms with Crippen molar-refractivity contribution in [1.82, 2.24) is 5.32 Å². The highest BCUT2D eigenvalue weighted by atomic mass is 35.5. The summed E-state index contributed by atoms with van der Waals surface area (Å²) in [6, 6.07) is 4.70. The molecule has 0 aliphatic heterocycles. The lowest BCUT2D eigenvalue weighted by Crippen LogP contribution is -2.29. The first-order chi connectivity index (χ1) is 8.15. The number of hydrogen-bond donors (Lipinski definition) is 2. The number of hydrogen-bond acceptors (Lipinski definition) is 2. The molecule has 0 saturated heterocycles. The van der Waals surface area contributed by atoms with Gasteiger partial charge in [-0.25, -0.2) is 4.39 Å². The van der Waals surface area contributed by atoms with Crippen molar-refractivity contribution in [2.24, 2.45) is 5.92 Å². The first kappa shape index (κ1) is 14.9. The van der Waals surface area contributed by atoms with E-state index < -0.39 is 0 Å². The molecule has 1 fully saturated rings. The van der Waals surface area contributed by atoms with E-state index in [2.05, 4.69) is 10.6 Å². The maximum Gasteiger partial charge on any atom is 0.238 e. The molecule has 1 amide bonds. The molecule has 0 heterocycles. The lowest BCUT2D eigenvalue weighted by Gasteiger charge is -2.07. The van der Waals surface area contributed by atoms with Gasteiger partial charge in [0.1, 0.15) is 5.82 Å². The van der Waals surface area contributed by atoms with Gasteiger partial charge in [-0.3, -0.25) is 4.79 Å². The number of carbonyl (C=O) groups excluding carboxylic acids is 1. The van der Waals surface area contributed by atoms with Gasteiger partial charge in [-0.05, 0) is 49.9 Å². The summed E-state index contributed by atoms with van der Waals surface area (Å²) in [5.41, 5.74) is 1.08. The van der Waals surface area contributed by atoms with Gasteiger partial charge in [0.25, 0.3) is 0 Å². The Morgan fingerprint density at radius 3 is 2.78 bits per heavy atom. The van der Waals surface area contributed by atoms with Gasteiger partial charge in [0.2, 0.25) is 5.91 Å². The molecule has 0 unspecified atom stereocenters. The van der Waals surface area contributed by atoms with Crippen molar-refractivity contribution in [3.63, 3.8) is 0 Å². The van der Waals surface area contributed by atoms with Gasteiger partial charge in [0.15, 0.2) is 0 Å². The first-order valence-electron chi connectivity index (χ1n) is 5.92. The second-order valence-corrected chi connectivity index (χ2v) is 4.59. The number of anilines is 1. The quantitative estimate of drug-likeness (QED) is 0.865. The SMILES string of the molecule is Cc1ccc(NC(=O)CNCC2CC2)cc1F.Cl. The molecule has 18 heavy (non-hydrogen) atoms. The van der Waals surface area contributed by atoms with Crippen LogP contribution < -0.4 is 10.6 Å². The van der Waals surface area contributed by atoms with E-state index in [0.717, 1.165) is 12.5 Å². The molecule has 1 aliphatic carbocycles. The van der Waals surface area contributed by atoms with Gasteiger partial charge < -0.3 is 10.6 Å². The molecule has 0 spiro atoms. The highest BCUT2D eigenvalue weighted by Crippen LogP contribution is 2.27. The molecule has 0 aromatic heterocycles. The number of aryl methyl sites for hydroxylation is 1. The fourth-order valence-electron chi connectivity index (χ4n) is 1.59. The predicted octanol–water partition coefficient (Wildman–Crippen LogP) is 2.49. The minimum Gasteiger partial charge on any atom is -0.325 e. The maximum atomic E-state index is 13.2. The first-order valence-corrected chi connectivity index (χ1v) is 5.92. The minimum atomic E-state index is -0.297. The molecule has 5 heteroatoms. The van der Waals surface area contributed by atoms with Crippen LogP contribution in [0.5, 0.6) is 0 Å². The number of rotatable bonds is 5. The summed E-state index contributed by atoms with van der Waals surface area (Å²) in [5, 5.41) is 5.75. The van der Waals surface area contributed by atoms with Crippen molar-refractivity contribution in [1.29, 1.82) is 0 Å². The van der Waals surface area contributed by atoms with Crippen LogP contribution in [0.4, 0.5) is 10.1 Å². The van der Waals surface area contributed by atoms with Crippen LogP contribution in [0.3, 0.4) is 0 Å². The predicted molar refractivity (Wildman–Crippen MR) is 72.6 cm³/mol. The Morgan fingerprint density at radius 2 is 2.17 bits per heavy atom. The molecular formula is C13H18ClFN2O. The standard InChI is InChI=1S/C13H17FN2O.ClH/c1-9-2-5-11(6-12(9)14)16-13(17)8-15-7-10-3-4-10;/h2,5-6,10,15H,3-4,7-8H2,1H3,(H,16,17);1H. The van der Waals surface area contributed by atoms with E-state index in [1.165, 1.54) is 18.9 Å². The van der Waals surface area contributed by atoms with Gasteiger partial charge in [0.05, 0.1) is 6.54 Å². The Labute approximate surface area is 113 Å². The summed E-state index contributed by atoms with van der Waals surface area (Å²) in [7, 11) is 0. The van der Waals surface area contributed by atoms with Crippen LogP contribution in [-0.4, -0.2) is 19.0 Å². The molecule has 1 saturated carbocycles. The molecule has 2 rings (SSSR count). The van der Waals surface area contributed by atoms with E-state index in [1.807, 2.05) is 0 Å². The highest BCUT2D eigenvalue weighted by molar-refractivity contribution is 5.92. The maximum absolute atomic E-state index is 13.2. The van der Waals surface area contributed by atoms with Crippen LogP contribution in [0.15, 0.2) is 18.2 Å². The van der Waals surface area contributed by atoms with E-state index in [4.69, 9.17) is 0 Å². The lowest BCUT2D eigenvalue weighted by atomic mass is 10.2. The molecule has 0 bridgehead atoms. The van der Waals surface area contributed by atoms with Crippen LogP contribution >= 0.6 is 12.4 Å². The Morgan fingerprint density at radius 1 is 1.44 bits per heavy atom. The monoisotopic (exact) mass is 272 g/mol. The molecule has 0 atom stereocenters. The van der Waals surface area contributed by atoms with Crippen molar-refractivity contribution in [3.05, 3.63) is 29.6 Å². The summed E-state index contributed by atoms with van der Waals surface area (Å²) in [6.45, 7) is 2.87. The average Bonchev–Trinajstić information content (AvgIpc) is 3.07. The van der Waals surface area contributed by atoms with Gasteiger partial charge in [0, 0.05) is 5.69 Å². The third-order valence-electron chi connectivity index (χ3n) is 2.87. The topological polar surface area (TPSA) is 41.1 Å². The fraction of sp³-hybridized carbons (Fsp3) is 0.462. The van der Waals surface area contributed by atoms with E-state index in [1.54, 1.807) is 19.1 Å². The van der Waals surface area contributed by atoms with Crippen LogP contribution in [0.1, 0.15) is 18.4 Å². The highest BCUT2D eigenvalue weighted by Gasteiger charge is 2.20. The Kier molecular flexibility index (Phi) is 5.56. The zero-order chi connectivity index (χ0) is 12.3. The van der Waals surface area contributed by atoms with Gasteiger partial charge in [-0.15, -0.1) is 12.4 Å². The largest absolute Gasteiger partial charge is 0.325 e. The third-order valence-corrected chi connectivity index (χ3v) is 2.87. The number of halogens is 2. The molecule has 1 aliphatic rings. The fourth-order valence-corrected chi connectivity index (χ4v) is 1.59. The lowest BCUT2D eigenvalue weighted by molar-refractivity contribution is -0.115. The van der Waals surface area contributed by atoms with Gasteiger partial charge >= 0.3 is 0 Å². The third kappa shape index (κ3) is 4.63. The summed E-state index contributed by atoms with van der Waals surface area (Å²) < 4.78 is 13.2. The normalized spacial score (nSPS) is 13.9.